The highest BCUT2D eigenvalue weighted by atomic mass is 16.5. The Balaban J connectivity index is 2.21. The minimum atomic E-state index is 0.223. The van der Waals surface area contributed by atoms with Crippen LogP contribution in [0.2, 0.25) is 0 Å². The standard InChI is InChI=1S/C8H11N5O2/c1-14-2-3-15-8-12-6(9)5-7(13-8)11-4-10-5/h4H,2-3H2,1H3,(H3,9,10,11,12,13). The first kappa shape index (κ1) is 9.66. The number of hydrogen-bond acceptors (Lipinski definition) is 6. The molecule has 80 valence electrons. The van der Waals surface area contributed by atoms with E-state index in [1.165, 1.54) is 6.33 Å². The van der Waals surface area contributed by atoms with Crippen molar-refractivity contribution >= 4 is 17.0 Å². The lowest BCUT2D eigenvalue weighted by Gasteiger charge is -2.03. The highest BCUT2D eigenvalue weighted by molar-refractivity contribution is 5.81. The molecular formula is C8H11N5O2. The van der Waals surface area contributed by atoms with Crippen molar-refractivity contribution in [3.63, 3.8) is 0 Å². The maximum absolute atomic E-state index is 5.66. The fourth-order valence-corrected chi connectivity index (χ4v) is 1.12. The van der Waals surface area contributed by atoms with Gasteiger partial charge in [0, 0.05) is 7.11 Å². The number of imidazole rings is 1. The first-order chi connectivity index (χ1) is 7.31. The molecule has 2 rings (SSSR count). The molecule has 0 aliphatic rings. The van der Waals surface area contributed by atoms with E-state index in [9.17, 15) is 0 Å². The van der Waals surface area contributed by atoms with Gasteiger partial charge >= 0.3 is 6.01 Å². The zero-order valence-corrected chi connectivity index (χ0v) is 8.23. The minimum Gasteiger partial charge on any atom is -0.461 e. The average Bonchev–Trinajstić information content (AvgIpc) is 2.66. The third-order valence-electron chi connectivity index (χ3n) is 1.80. The number of nitrogens with zero attached hydrogens (tertiary/aromatic N) is 3. The molecule has 2 aromatic rings. The highest BCUT2D eigenvalue weighted by Crippen LogP contribution is 2.16. The van der Waals surface area contributed by atoms with Crippen molar-refractivity contribution < 1.29 is 9.47 Å². The first-order valence-corrected chi connectivity index (χ1v) is 4.39. The van der Waals surface area contributed by atoms with Crippen LogP contribution in [0.1, 0.15) is 0 Å². The van der Waals surface area contributed by atoms with Gasteiger partial charge in [-0.15, -0.1) is 0 Å². The molecule has 0 aliphatic carbocycles. The van der Waals surface area contributed by atoms with E-state index in [1.807, 2.05) is 0 Å². The third-order valence-corrected chi connectivity index (χ3v) is 1.80. The summed E-state index contributed by atoms with van der Waals surface area (Å²) in [6.45, 7) is 0.861. The maximum atomic E-state index is 5.66. The van der Waals surface area contributed by atoms with Crippen molar-refractivity contribution in [3.8, 4) is 6.01 Å². The van der Waals surface area contributed by atoms with Crippen molar-refractivity contribution in [2.24, 2.45) is 0 Å². The van der Waals surface area contributed by atoms with Crippen LogP contribution >= 0.6 is 0 Å². The van der Waals surface area contributed by atoms with Gasteiger partial charge in [0.05, 0.1) is 12.9 Å². The number of fused-ring (bicyclic) bond motifs is 1. The summed E-state index contributed by atoms with van der Waals surface area (Å²) in [5, 5.41) is 0. The van der Waals surface area contributed by atoms with Crippen molar-refractivity contribution in [2.45, 2.75) is 0 Å². The van der Waals surface area contributed by atoms with Gasteiger partial charge in [0.25, 0.3) is 0 Å². The SMILES string of the molecule is COCCOc1nc(N)c2nc[nH]c2n1. The number of H-pyrrole nitrogens is 1. The van der Waals surface area contributed by atoms with Crippen LogP contribution in [-0.2, 0) is 4.74 Å². The van der Waals surface area contributed by atoms with Crippen LogP contribution in [-0.4, -0.2) is 40.3 Å². The summed E-state index contributed by atoms with van der Waals surface area (Å²) < 4.78 is 10.1. The number of nitrogen functional groups attached to an aromatic ring is 1. The lowest BCUT2D eigenvalue weighted by molar-refractivity contribution is 0.141. The Morgan fingerprint density at radius 2 is 2.27 bits per heavy atom. The third kappa shape index (κ3) is 1.96. The fraction of sp³-hybridized carbons (Fsp3) is 0.375. The molecule has 7 nitrogen and oxygen atoms in total. The van der Waals surface area contributed by atoms with Gasteiger partial charge in [-0.3, -0.25) is 0 Å². The summed E-state index contributed by atoms with van der Waals surface area (Å²) in [7, 11) is 1.59. The van der Waals surface area contributed by atoms with Gasteiger partial charge in [-0.2, -0.15) is 9.97 Å². The number of ether oxygens (including phenoxy) is 2. The van der Waals surface area contributed by atoms with E-state index in [-0.39, 0.29) is 6.01 Å². The second kappa shape index (κ2) is 4.09. The van der Waals surface area contributed by atoms with E-state index in [4.69, 9.17) is 15.2 Å². The number of anilines is 1. The van der Waals surface area contributed by atoms with Gasteiger partial charge in [-0.25, -0.2) is 4.98 Å². The van der Waals surface area contributed by atoms with E-state index in [0.29, 0.717) is 30.2 Å². The summed E-state index contributed by atoms with van der Waals surface area (Å²) in [5.74, 6) is 0.300. The average molecular weight is 209 g/mol. The number of aromatic amines is 1. The van der Waals surface area contributed by atoms with Gasteiger partial charge in [-0.1, -0.05) is 0 Å². The summed E-state index contributed by atoms with van der Waals surface area (Å²) in [4.78, 5) is 14.8. The lowest BCUT2D eigenvalue weighted by atomic mass is 10.5. The molecule has 0 spiro atoms. The van der Waals surface area contributed by atoms with Crippen LogP contribution in [0, 0.1) is 0 Å². The molecule has 2 heterocycles. The monoisotopic (exact) mass is 209 g/mol. The Bertz CT molecular complexity index is 455. The number of hydrogen-bond donors (Lipinski definition) is 2. The quantitative estimate of drug-likeness (QED) is 0.685. The Labute approximate surface area is 85.6 Å². The molecule has 15 heavy (non-hydrogen) atoms. The largest absolute Gasteiger partial charge is 0.461 e. The van der Waals surface area contributed by atoms with Gasteiger partial charge < -0.3 is 20.2 Å². The Morgan fingerprint density at radius 1 is 1.40 bits per heavy atom. The maximum Gasteiger partial charge on any atom is 0.320 e. The summed E-state index contributed by atoms with van der Waals surface area (Å²) in [5.41, 5.74) is 6.78. The van der Waals surface area contributed by atoms with Crippen molar-refractivity contribution in [1.29, 1.82) is 0 Å². The van der Waals surface area contributed by atoms with E-state index in [0.717, 1.165) is 0 Å². The molecule has 0 aliphatic heterocycles. The smallest absolute Gasteiger partial charge is 0.320 e. The highest BCUT2D eigenvalue weighted by Gasteiger charge is 2.07. The summed E-state index contributed by atoms with van der Waals surface area (Å²) in [6, 6.07) is 0.223. The van der Waals surface area contributed by atoms with Crippen LogP contribution in [0.3, 0.4) is 0 Å². The molecule has 0 aromatic carbocycles. The normalized spacial score (nSPS) is 10.7. The van der Waals surface area contributed by atoms with Crippen LogP contribution in [0.25, 0.3) is 11.2 Å². The van der Waals surface area contributed by atoms with Crippen LogP contribution in [0.4, 0.5) is 5.82 Å². The van der Waals surface area contributed by atoms with E-state index in [1.54, 1.807) is 7.11 Å². The molecule has 3 N–H and O–H groups in total. The van der Waals surface area contributed by atoms with E-state index in [2.05, 4.69) is 19.9 Å². The van der Waals surface area contributed by atoms with E-state index < -0.39 is 0 Å². The van der Waals surface area contributed by atoms with Crippen molar-refractivity contribution in [1.82, 2.24) is 19.9 Å². The number of nitrogens with two attached hydrogens (primary N) is 1. The Hall–Kier alpha value is -1.89. The molecule has 2 aromatic heterocycles. The van der Waals surface area contributed by atoms with Crippen LogP contribution in [0.15, 0.2) is 6.33 Å². The molecular weight excluding hydrogens is 198 g/mol. The number of aromatic nitrogens is 4. The fourth-order valence-electron chi connectivity index (χ4n) is 1.12. The zero-order valence-electron chi connectivity index (χ0n) is 8.23. The molecule has 0 saturated heterocycles. The number of nitrogens with one attached hydrogen (secondary N) is 1. The Kier molecular flexibility index (Phi) is 2.64. The lowest BCUT2D eigenvalue weighted by Crippen LogP contribution is -2.07. The number of methoxy groups -OCH3 is 1. The Morgan fingerprint density at radius 3 is 3.07 bits per heavy atom. The van der Waals surface area contributed by atoms with Crippen LogP contribution in [0.5, 0.6) is 6.01 Å². The summed E-state index contributed by atoms with van der Waals surface area (Å²) >= 11 is 0. The molecule has 0 amide bonds. The predicted molar refractivity (Wildman–Crippen MR) is 53.5 cm³/mol. The van der Waals surface area contributed by atoms with Gasteiger partial charge in [0.1, 0.15) is 12.1 Å². The topological polar surface area (TPSA) is 98.9 Å². The van der Waals surface area contributed by atoms with E-state index >= 15 is 0 Å². The molecule has 0 bridgehead atoms. The molecule has 0 radical (unpaired) electrons. The second-order valence-electron chi connectivity index (χ2n) is 2.83. The van der Waals surface area contributed by atoms with Crippen LogP contribution < -0.4 is 10.5 Å². The molecule has 0 atom stereocenters. The summed E-state index contributed by atoms with van der Waals surface area (Å²) in [6.07, 6.45) is 1.51. The van der Waals surface area contributed by atoms with Crippen molar-refractivity contribution in [2.75, 3.05) is 26.1 Å². The molecule has 0 saturated carbocycles. The van der Waals surface area contributed by atoms with Gasteiger partial charge in [0.15, 0.2) is 11.5 Å². The number of rotatable bonds is 4. The predicted octanol–water partition coefficient (Wildman–Crippen LogP) is -0.0397. The first-order valence-electron chi connectivity index (χ1n) is 4.39. The van der Waals surface area contributed by atoms with Gasteiger partial charge in [0.2, 0.25) is 0 Å². The molecule has 0 unspecified atom stereocenters. The van der Waals surface area contributed by atoms with Gasteiger partial charge in [-0.05, 0) is 0 Å². The second-order valence-corrected chi connectivity index (χ2v) is 2.83. The zero-order chi connectivity index (χ0) is 10.7. The van der Waals surface area contributed by atoms with Crippen molar-refractivity contribution in [3.05, 3.63) is 6.33 Å². The minimum absolute atomic E-state index is 0.223. The molecule has 0 fully saturated rings. The molecule has 7 heteroatoms.